The van der Waals surface area contributed by atoms with Gasteiger partial charge in [0.25, 0.3) is 0 Å². The third-order valence-corrected chi connectivity index (χ3v) is 11.8. The summed E-state index contributed by atoms with van der Waals surface area (Å²) in [7, 11) is 0. The van der Waals surface area contributed by atoms with Crippen molar-refractivity contribution in [3.05, 3.63) is 155 Å². The molecule has 0 radical (unpaired) electrons. The van der Waals surface area contributed by atoms with Crippen LogP contribution in [0.3, 0.4) is 0 Å². The smallest absolute Gasteiger partial charge is 0.0491 e. The third-order valence-electron chi connectivity index (χ3n) is 11.8. The molecule has 9 rings (SSSR count). The summed E-state index contributed by atoms with van der Waals surface area (Å²) in [6.07, 6.45) is 11.3. The summed E-state index contributed by atoms with van der Waals surface area (Å²) in [5, 5.41) is 5.30. The summed E-state index contributed by atoms with van der Waals surface area (Å²) in [4.78, 5) is 0. The highest BCUT2D eigenvalue weighted by molar-refractivity contribution is 6.09. The molecule has 0 spiro atoms. The van der Waals surface area contributed by atoms with E-state index < -0.39 is 0 Å². The summed E-state index contributed by atoms with van der Waals surface area (Å²) in [5.41, 5.74) is 15.9. The molecule has 2 heteroatoms. The molecular formula is C49H44N2. The first-order chi connectivity index (χ1) is 25.1. The molecule has 2 aromatic heterocycles. The van der Waals surface area contributed by atoms with Gasteiger partial charge < -0.3 is 9.13 Å². The zero-order chi connectivity index (χ0) is 34.7. The van der Waals surface area contributed by atoms with E-state index in [1.165, 1.54) is 88.1 Å². The lowest BCUT2D eigenvalue weighted by atomic mass is 9.73. The van der Waals surface area contributed by atoms with Gasteiger partial charge in [0.2, 0.25) is 0 Å². The Kier molecular flexibility index (Phi) is 7.58. The van der Waals surface area contributed by atoms with Gasteiger partial charge in [0.05, 0.1) is 0 Å². The molecule has 51 heavy (non-hydrogen) atoms. The average Bonchev–Trinajstić information content (AvgIpc) is 3.78. The number of hydrogen-bond acceptors (Lipinski definition) is 0. The van der Waals surface area contributed by atoms with Crippen molar-refractivity contribution < 1.29 is 0 Å². The summed E-state index contributed by atoms with van der Waals surface area (Å²) < 4.78 is 4.83. The van der Waals surface area contributed by atoms with Crippen molar-refractivity contribution in [2.45, 2.75) is 59.0 Å². The number of aromatic nitrogens is 2. The van der Waals surface area contributed by atoms with Gasteiger partial charge in [-0.25, -0.2) is 0 Å². The lowest BCUT2D eigenvalue weighted by Crippen LogP contribution is -2.23. The summed E-state index contributed by atoms with van der Waals surface area (Å²) in [5.74, 6) is 0. The second-order valence-corrected chi connectivity index (χ2v) is 14.1. The topological polar surface area (TPSA) is 9.86 Å². The summed E-state index contributed by atoms with van der Waals surface area (Å²) >= 11 is 0. The Balaban J connectivity index is 1.04. The van der Waals surface area contributed by atoms with Crippen molar-refractivity contribution in [1.82, 2.24) is 9.13 Å². The van der Waals surface area contributed by atoms with Crippen LogP contribution in [0.15, 0.2) is 121 Å². The van der Waals surface area contributed by atoms with Crippen LogP contribution >= 0.6 is 0 Å². The standard InChI is InChI=1S/C49H44N2/c1-5-49(6-2)43-31-35(19-17-33-23-27-47-41(29-33)39-13-9-11-15-45(39)50(47)7-3)21-25-37(43)38-26-22-36(32-44(38)49)20-18-34-24-28-48-42(30-34)40-14-10-12-16-46(40)51(48)8-4/h9-32H,5-8H2,1-4H3. The van der Waals surface area contributed by atoms with Gasteiger partial charge in [0, 0.05) is 62.1 Å². The van der Waals surface area contributed by atoms with Crippen LogP contribution in [-0.2, 0) is 18.5 Å². The van der Waals surface area contributed by atoms with Gasteiger partial charge in [-0.2, -0.15) is 0 Å². The number of hydrogen-bond donors (Lipinski definition) is 0. The van der Waals surface area contributed by atoms with E-state index in [0.717, 1.165) is 25.9 Å². The maximum Gasteiger partial charge on any atom is 0.0491 e. The number of fused-ring (bicyclic) bond motifs is 9. The van der Waals surface area contributed by atoms with Crippen molar-refractivity contribution in [3.8, 4) is 11.1 Å². The second-order valence-electron chi connectivity index (χ2n) is 14.1. The SMILES string of the molecule is CCn1c2ccccc2c2cc(C=Cc3ccc4c(c3)C(CC)(CC)c3cc(C=Cc5ccc6c(c5)c5ccccc5n6CC)ccc3-4)ccc21. The highest BCUT2D eigenvalue weighted by atomic mass is 15.0. The number of rotatable bonds is 8. The van der Waals surface area contributed by atoms with Crippen molar-refractivity contribution in [3.63, 3.8) is 0 Å². The number of benzene rings is 6. The number of nitrogens with zero attached hydrogens (tertiary/aromatic N) is 2. The van der Waals surface area contributed by atoms with E-state index in [9.17, 15) is 0 Å². The van der Waals surface area contributed by atoms with Gasteiger partial charge >= 0.3 is 0 Å². The van der Waals surface area contributed by atoms with E-state index >= 15 is 0 Å². The lowest BCUT2D eigenvalue weighted by molar-refractivity contribution is 0.490. The number of para-hydroxylation sites is 2. The van der Waals surface area contributed by atoms with E-state index in [4.69, 9.17) is 0 Å². The van der Waals surface area contributed by atoms with Crippen molar-refractivity contribution in [2.75, 3.05) is 0 Å². The van der Waals surface area contributed by atoms with Crippen LogP contribution in [-0.4, -0.2) is 9.13 Å². The van der Waals surface area contributed by atoms with Crippen LogP contribution in [0.5, 0.6) is 0 Å². The Morgan fingerprint density at radius 1 is 0.412 bits per heavy atom. The Morgan fingerprint density at radius 3 is 1.20 bits per heavy atom. The first-order valence-corrected chi connectivity index (χ1v) is 18.7. The van der Waals surface area contributed by atoms with Gasteiger partial charge in [0.15, 0.2) is 0 Å². The van der Waals surface area contributed by atoms with Crippen LogP contribution in [0.25, 0.3) is 79.0 Å². The molecule has 2 nitrogen and oxygen atoms in total. The molecule has 1 aliphatic carbocycles. The molecule has 0 fully saturated rings. The highest BCUT2D eigenvalue weighted by Gasteiger charge is 2.40. The largest absolute Gasteiger partial charge is 0.341 e. The Bertz CT molecular complexity index is 2500. The first-order valence-electron chi connectivity index (χ1n) is 18.7. The molecule has 0 saturated heterocycles. The molecule has 6 aromatic carbocycles. The van der Waals surface area contributed by atoms with Crippen molar-refractivity contribution in [2.24, 2.45) is 0 Å². The monoisotopic (exact) mass is 660 g/mol. The molecule has 250 valence electrons. The fourth-order valence-electron chi connectivity index (χ4n) is 9.17. The normalized spacial score (nSPS) is 13.8. The molecule has 0 atom stereocenters. The van der Waals surface area contributed by atoms with Crippen LogP contribution in [0.2, 0.25) is 0 Å². The van der Waals surface area contributed by atoms with E-state index in [1.54, 1.807) is 0 Å². The van der Waals surface area contributed by atoms with Gasteiger partial charge in [-0.05, 0) is 108 Å². The quantitative estimate of drug-likeness (QED) is 0.144. The van der Waals surface area contributed by atoms with Crippen LogP contribution < -0.4 is 0 Å². The second kappa shape index (κ2) is 12.3. The molecule has 8 aromatic rings. The average molecular weight is 661 g/mol. The van der Waals surface area contributed by atoms with E-state index in [-0.39, 0.29) is 5.41 Å². The molecule has 0 unspecified atom stereocenters. The van der Waals surface area contributed by atoms with Crippen LogP contribution in [0.4, 0.5) is 0 Å². The molecule has 0 N–H and O–H groups in total. The third kappa shape index (κ3) is 4.84. The highest BCUT2D eigenvalue weighted by Crippen LogP contribution is 2.53. The van der Waals surface area contributed by atoms with Crippen molar-refractivity contribution in [1.29, 1.82) is 0 Å². The van der Waals surface area contributed by atoms with Crippen LogP contribution in [0, 0.1) is 0 Å². The van der Waals surface area contributed by atoms with Gasteiger partial charge in [0.1, 0.15) is 0 Å². The maximum absolute atomic E-state index is 2.46. The minimum absolute atomic E-state index is 0.000148. The fraction of sp³-hybridized carbons (Fsp3) is 0.184. The van der Waals surface area contributed by atoms with E-state index in [0.29, 0.717) is 0 Å². The van der Waals surface area contributed by atoms with Crippen molar-refractivity contribution >= 4 is 67.9 Å². The van der Waals surface area contributed by atoms with Gasteiger partial charge in [-0.3, -0.25) is 0 Å². The van der Waals surface area contributed by atoms with Crippen LogP contribution in [0.1, 0.15) is 73.9 Å². The predicted octanol–water partition coefficient (Wildman–Crippen LogP) is 13.4. The fourth-order valence-corrected chi connectivity index (χ4v) is 9.17. The summed E-state index contributed by atoms with van der Waals surface area (Å²) in [6.45, 7) is 11.1. The first kappa shape index (κ1) is 31.4. The molecule has 1 aliphatic rings. The minimum Gasteiger partial charge on any atom is -0.341 e. The zero-order valence-electron chi connectivity index (χ0n) is 30.1. The lowest BCUT2D eigenvalue weighted by Gasteiger charge is -2.30. The van der Waals surface area contributed by atoms with E-state index in [1.807, 2.05) is 0 Å². The molecule has 0 amide bonds. The molecule has 0 aliphatic heterocycles. The zero-order valence-corrected chi connectivity index (χ0v) is 30.1. The Labute approximate surface area is 301 Å². The predicted molar refractivity (Wildman–Crippen MR) is 221 cm³/mol. The Hall–Kier alpha value is -5.60. The minimum atomic E-state index is 0.000148. The molecule has 0 saturated carbocycles. The molecule has 0 bridgehead atoms. The summed E-state index contributed by atoms with van der Waals surface area (Å²) in [6, 6.07) is 45.5. The van der Waals surface area contributed by atoms with Gasteiger partial charge in [-0.15, -0.1) is 0 Å². The maximum atomic E-state index is 2.46. The van der Waals surface area contributed by atoms with Gasteiger partial charge in [-0.1, -0.05) is 123 Å². The number of aryl methyl sites for hydroxylation is 2. The van der Waals surface area contributed by atoms with E-state index in [2.05, 4.69) is 182 Å². The molecule has 2 heterocycles. The molecular weight excluding hydrogens is 617 g/mol. The Morgan fingerprint density at radius 2 is 0.784 bits per heavy atom.